The van der Waals surface area contributed by atoms with Gasteiger partial charge in [-0.3, -0.25) is 5.10 Å². The summed E-state index contributed by atoms with van der Waals surface area (Å²) >= 11 is 0. The van der Waals surface area contributed by atoms with Crippen LogP contribution in [-0.2, 0) is 16.6 Å². The molecule has 0 saturated heterocycles. The number of H-pyrrole nitrogens is 2. The molecule has 2 heterocycles. The first-order chi connectivity index (χ1) is 9.98. The Bertz CT molecular complexity index is 867. The molecule has 0 aliphatic heterocycles. The van der Waals surface area contributed by atoms with Crippen molar-refractivity contribution in [1.82, 2.24) is 19.5 Å². The number of nitrogens with two attached hydrogens (primary N) is 1. The lowest BCUT2D eigenvalue weighted by Gasteiger charge is -2.15. The van der Waals surface area contributed by atoms with E-state index in [-0.39, 0.29) is 11.4 Å². The molecule has 0 unspecified atom stereocenters. The van der Waals surface area contributed by atoms with Crippen molar-refractivity contribution in [3.8, 4) is 0 Å². The minimum atomic E-state index is -3.61. The minimum Gasteiger partial charge on any atom is -0.399 e. The van der Waals surface area contributed by atoms with Crippen molar-refractivity contribution in [2.24, 2.45) is 0 Å². The Morgan fingerprint density at radius 2 is 2.14 bits per heavy atom. The van der Waals surface area contributed by atoms with Crippen LogP contribution in [-0.4, -0.2) is 35.0 Å². The average molecular weight is 305 g/mol. The smallest absolute Gasteiger partial charge is 0.245 e. The van der Waals surface area contributed by atoms with E-state index < -0.39 is 10.0 Å². The van der Waals surface area contributed by atoms with Crippen molar-refractivity contribution in [1.29, 1.82) is 0 Å². The topological polar surface area (TPSA) is 108 Å². The molecule has 0 saturated carbocycles. The van der Waals surface area contributed by atoms with Gasteiger partial charge in [0.05, 0.1) is 6.20 Å². The van der Waals surface area contributed by atoms with Gasteiger partial charge < -0.3 is 10.7 Å². The van der Waals surface area contributed by atoms with Crippen molar-refractivity contribution < 1.29 is 8.42 Å². The van der Waals surface area contributed by atoms with Crippen molar-refractivity contribution >= 4 is 26.6 Å². The Labute approximate surface area is 121 Å². The van der Waals surface area contributed by atoms with Crippen LogP contribution < -0.4 is 5.73 Å². The van der Waals surface area contributed by atoms with E-state index in [0.717, 1.165) is 11.1 Å². The molecule has 0 fully saturated rings. The maximum absolute atomic E-state index is 12.7. The van der Waals surface area contributed by atoms with Crippen LogP contribution in [0.3, 0.4) is 0 Å². The fourth-order valence-corrected chi connectivity index (χ4v) is 3.51. The van der Waals surface area contributed by atoms with Gasteiger partial charge in [-0.15, -0.1) is 0 Å². The maximum atomic E-state index is 12.7. The maximum Gasteiger partial charge on any atom is 0.245 e. The van der Waals surface area contributed by atoms with Crippen molar-refractivity contribution in [2.45, 2.75) is 11.4 Å². The lowest BCUT2D eigenvalue weighted by molar-refractivity contribution is 0.467. The Morgan fingerprint density at radius 1 is 1.33 bits per heavy atom. The van der Waals surface area contributed by atoms with E-state index in [1.807, 2.05) is 0 Å². The summed E-state index contributed by atoms with van der Waals surface area (Å²) in [5.74, 6) is 0. The van der Waals surface area contributed by atoms with Crippen molar-refractivity contribution in [2.75, 3.05) is 12.8 Å². The van der Waals surface area contributed by atoms with Crippen LogP contribution in [0.2, 0.25) is 0 Å². The highest BCUT2D eigenvalue weighted by Gasteiger charge is 2.24. The predicted molar refractivity (Wildman–Crippen MR) is 80.0 cm³/mol. The molecule has 110 valence electrons. The van der Waals surface area contributed by atoms with Gasteiger partial charge in [-0.05, 0) is 18.2 Å². The number of nitrogens with zero attached hydrogens (tertiary/aromatic N) is 2. The zero-order valence-electron chi connectivity index (χ0n) is 11.4. The number of rotatable bonds is 4. The van der Waals surface area contributed by atoms with Crippen LogP contribution in [0, 0.1) is 0 Å². The molecule has 3 aromatic rings. The zero-order chi connectivity index (χ0) is 15.0. The molecule has 2 aromatic heterocycles. The second-order valence-corrected chi connectivity index (χ2v) is 6.84. The molecule has 8 heteroatoms. The second kappa shape index (κ2) is 4.90. The zero-order valence-corrected chi connectivity index (χ0v) is 12.2. The second-order valence-electron chi connectivity index (χ2n) is 4.83. The fourth-order valence-electron chi connectivity index (χ4n) is 2.20. The lowest BCUT2D eigenvalue weighted by Crippen LogP contribution is -2.26. The summed E-state index contributed by atoms with van der Waals surface area (Å²) in [6, 6.07) is 5.15. The summed E-state index contributed by atoms with van der Waals surface area (Å²) in [6.07, 6.45) is 4.75. The number of nitrogens with one attached hydrogen (secondary N) is 2. The van der Waals surface area contributed by atoms with E-state index in [2.05, 4.69) is 15.2 Å². The molecule has 7 nitrogen and oxygen atoms in total. The number of aromatic nitrogens is 3. The molecule has 4 N–H and O–H groups in total. The highest BCUT2D eigenvalue weighted by molar-refractivity contribution is 7.89. The summed E-state index contributed by atoms with van der Waals surface area (Å²) in [4.78, 5) is 3.17. The molecular formula is C13H15N5O2S. The van der Waals surface area contributed by atoms with E-state index in [4.69, 9.17) is 5.73 Å². The van der Waals surface area contributed by atoms with Crippen LogP contribution in [0.25, 0.3) is 10.9 Å². The van der Waals surface area contributed by atoms with Gasteiger partial charge in [-0.2, -0.15) is 9.40 Å². The van der Waals surface area contributed by atoms with Crippen LogP contribution >= 0.6 is 0 Å². The molecule has 0 amide bonds. The summed E-state index contributed by atoms with van der Waals surface area (Å²) in [5, 5.41) is 7.07. The van der Waals surface area contributed by atoms with Crippen LogP contribution in [0.1, 0.15) is 5.56 Å². The van der Waals surface area contributed by atoms with E-state index >= 15 is 0 Å². The molecule has 1 aromatic carbocycles. The third-order valence-corrected chi connectivity index (χ3v) is 5.16. The van der Waals surface area contributed by atoms with Gasteiger partial charge in [0.15, 0.2) is 0 Å². The van der Waals surface area contributed by atoms with Crippen molar-refractivity contribution in [3.05, 3.63) is 42.4 Å². The fraction of sp³-hybridized carbons (Fsp3) is 0.154. The van der Waals surface area contributed by atoms with Gasteiger partial charge in [0, 0.05) is 48.1 Å². The third kappa shape index (κ3) is 2.39. The van der Waals surface area contributed by atoms with E-state index in [0.29, 0.717) is 11.1 Å². The molecule has 0 spiro atoms. The third-order valence-electron chi connectivity index (χ3n) is 3.32. The van der Waals surface area contributed by atoms with Gasteiger partial charge in [0.1, 0.15) is 4.90 Å². The molecule has 0 atom stereocenters. The number of anilines is 1. The van der Waals surface area contributed by atoms with Gasteiger partial charge in [-0.25, -0.2) is 8.42 Å². The first-order valence-electron chi connectivity index (χ1n) is 6.29. The van der Waals surface area contributed by atoms with Crippen molar-refractivity contribution in [3.63, 3.8) is 0 Å². The summed E-state index contributed by atoms with van der Waals surface area (Å²) in [5.41, 5.74) is 7.80. The molecule has 0 aliphatic rings. The molecule has 21 heavy (non-hydrogen) atoms. The summed E-state index contributed by atoms with van der Waals surface area (Å²) < 4.78 is 26.6. The number of fused-ring (bicyclic) bond motifs is 1. The average Bonchev–Trinajstić information content (AvgIpc) is 3.07. The quantitative estimate of drug-likeness (QED) is 0.631. The monoisotopic (exact) mass is 305 g/mol. The Hall–Kier alpha value is -2.32. The van der Waals surface area contributed by atoms with Crippen LogP contribution in [0.15, 0.2) is 41.7 Å². The number of nitrogen functional groups attached to an aromatic ring is 1. The first-order valence-corrected chi connectivity index (χ1v) is 7.73. The number of sulfonamides is 1. The van der Waals surface area contributed by atoms with Gasteiger partial charge >= 0.3 is 0 Å². The Balaban J connectivity index is 2.01. The van der Waals surface area contributed by atoms with E-state index in [1.165, 1.54) is 17.5 Å². The number of aromatic amines is 2. The van der Waals surface area contributed by atoms with E-state index in [1.54, 1.807) is 30.6 Å². The normalized spacial score (nSPS) is 12.3. The summed E-state index contributed by atoms with van der Waals surface area (Å²) in [6.45, 7) is 0.244. The Kier molecular flexibility index (Phi) is 3.19. The molecule has 0 aliphatic carbocycles. The molecular weight excluding hydrogens is 290 g/mol. The largest absolute Gasteiger partial charge is 0.399 e. The number of hydrogen-bond donors (Lipinski definition) is 3. The standard InChI is InChI=1S/C13H15N5O2S/c1-18(8-9-5-16-17-6-9)21(19,20)13-7-15-12-3-2-10(14)4-11(12)13/h2-7,15H,8,14H2,1H3,(H,16,17). The highest BCUT2D eigenvalue weighted by atomic mass is 32.2. The Morgan fingerprint density at radius 3 is 2.86 bits per heavy atom. The molecule has 0 radical (unpaired) electrons. The minimum absolute atomic E-state index is 0.218. The molecule has 0 bridgehead atoms. The highest BCUT2D eigenvalue weighted by Crippen LogP contribution is 2.27. The lowest BCUT2D eigenvalue weighted by atomic mass is 10.2. The van der Waals surface area contributed by atoms with Gasteiger partial charge in [0.2, 0.25) is 10.0 Å². The number of benzene rings is 1. The predicted octanol–water partition coefficient (Wildman–Crippen LogP) is 1.29. The molecule has 3 rings (SSSR count). The number of hydrogen-bond acceptors (Lipinski definition) is 4. The summed E-state index contributed by atoms with van der Waals surface area (Å²) in [7, 11) is -2.08. The van der Waals surface area contributed by atoms with Gasteiger partial charge in [0.25, 0.3) is 0 Å². The first kappa shape index (κ1) is 13.7. The van der Waals surface area contributed by atoms with E-state index in [9.17, 15) is 8.42 Å². The van der Waals surface area contributed by atoms with Crippen LogP contribution in [0.5, 0.6) is 0 Å². The SMILES string of the molecule is CN(Cc1cn[nH]c1)S(=O)(=O)c1c[nH]c2ccc(N)cc12. The van der Waals surface area contributed by atoms with Gasteiger partial charge in [-0.1, -0.05) is 0 Å². The van der Waals surface area contributed by atoms with Crippen LogP contribution in [0.4, 0.5) is 5.69 Å².